The fourth-order valence-corrected chi connectivity index (χ4v) is 2.28. The predicted molar refractivity (Wildman–Crippen MR) is 84.9 cm³/mol. The molecule has 3 nitrogen and oxygen atoms in total. The fraction of sp³-hybridized carbons (Fsp3) is 0.375. The average molecular weight is 287 g/mol. The highest BCUT2D eigenvalue weighted by atomic mass is 32.2. The molecule has 0 fully saturated rings. The Bertz CT molecular complexity index is 499. The number of hydrogen-bond donors (Lipinski definition) is 1. The van der Waals surface area contributed by atoms with Crippen molar-refractivity contribution in [3.05, 3.63) is 53.9 Å². The van der Waals surface area contributed by atoms with Crippen LogP contribution in [0.15, 0.2) is 47.9 Å². The number of nitrogens with one attached hydrogen (secondary N) is 1. The van der Waals surface area contributed by atoms with Gasteiger partial charge in [0.1, 0.15) is 0 Å². The molecule has 1 aromatic heterocycles. The van der Waals surface area contributed by atoms with E-state index in [2.05, 4.69) is 52.5 Å². The summed E-state index contributed by atoms with van der Waals surface area (Å²) in [5.74, 6) is 0. The van der Waals surface area contributed by atoms with Crippen molar-refractivity contribution >= 4 is 11.8 Å². The monoisotopic (exact) mass is 287 g/mol. The van der Waals surface area contributed by atoms with Crippen molar-refractivity contribution < 1.29 is 0 Å². The maximum absolute atomic E-state index is 4.28. The first-order chi connectivity index (χ1) is 9.78. The third-order valence-electron chi connectivity index (χ3n) is 3.23. The Hall–Kier alpha value is -1.39. The molecule has 1 heterocycles. The molecule has 0 bridgehead atoms. The van der Waals surface area contributed by atoms with Crippen molar-refractivity contribution in [3.8, 4) is 0 Å². The molecule has 0 spiro atoms. The molecule has 0 aliphatic heterocycles. The van der Waals surface area contributed by atoms with Gasteiger partial charge in [-0.1, -0.05) is 42.1 Å². The molecule has 1 N–H and O–H groups in total. The van der Waals surface area contributed by atoms with Gasteiger partial charge in [-0.25, -0.2) is 9.97 Å². The Morgan fingerprint density at radius 1 is 1.10 bits per heavy atom. The van der Waals surface area contributed by atoms with Gasteiger partial charge in [0.05, 0.1) is 0 Å². The van der Waals surface area contributed by atoms with E-state index in [0.717, 1.165) is 30.1 Å². The predicted octanol–water partition coefficient (Wildman–Crippen LogP) is 3.31. The minimum Gasteiger partial charge on any atom is -0.310 e. The molecule has 4 heteroatoms. The van der Waals surface area contributed by atoms with Crippen LogP contribution in [0.25, 0.3) is 0 Å². The van der Waals surface area contributed by atoms with Gasteiger partial charge < -0.3 is 5.32 Å². The molecule has 20 heavy (non-hydrogen) atoms. The molecule has 106 valence electrons. The van der Waals surface area contributed by atoms with Crippen LogP contribution >= 0.6 is 11.8 Å². The molecule has 0 aliphatic rings. The second-order valence-electron chi connectivity index (χ2n) is 4.88. The van der Waals surface area contributed by atoms with Crippen molar-refractivity contribution in [3.63, 3.8) is 0 Å². The number of hydrogen-bond acceptors (Lipinski definition) is 4. The van der Waals surface area contributed by atoms with E-state index < -0.39 is 0 Å². The van der Waals surface area contributed by atoms with Crippen LogP contribution in [0.2, 0.25) is 0 Å². The molecular formula is C16H21N3S. The Morgan fingerprint density at radius 2 is 1.80 bits per heavy atom. The van der Waals surface area contributed by atoms with Crippen molar-refractivity contribution in [2.45, 2.75) is 37.5 Å². The van der Waals surface area contributed by atoms with Crippen LogP contribution in [-0.2, 0) is 13.0 Å². The summed E-state index contributed by atoms with van der Waals surface area (Å²) in [5, 5.41) is 4.34. The number of rotatable bonds is 7. The van der Waals surface area contributed by atoms with Crippen LogP contribution in [0.4, 0.5) is 0 Å². The molecular weight excluding hydrogens is 266 g/mol. The second kappa shape index (κ2) is 8.02. The minimum absolute atomic E-state index is 0.482. The van der Waals surface area contributed by atoms with Gasteiger partial charge in [-0.2, -0.15) is 0 Å². The van der Waals surface area contributed by atoms with Gasteiger partial charge >= 0.3 is 0 Å². The van der Waals surface area contributed by atoms with Crippen LogP contribution in [-0.4, -0.2) is 22.3 Å². The molecule has 0 saturated heterocycles. The third-order valence-corrected chi connectivity index (χ3v) is 3.80. The van der Waals surface area contributed by atoms with Crippen LogP contribution < -0.4 is 5.32 Å². The van der Waals surface area contributed by atoms with Gasteiger partial charge in [0.25, 0.3) is 0 Å². The summed E-state index contributed by atoms with van der Waals surface area (Å²) in [4.78, 5) is 8.56. The Kier molecular flexibility index (Phi) is 6.02. The quantitative estimate of drug-likeness (QED) is 0.626. The lowest BCUT2D eigenvalue weighted by Crippen LogP contribution is -2.26. The maximum atomic E-state index is 4.28. The zero-order valence-corrected chi connectivity index (χ0v) is 12.9. The number of thioether (sulfide) groups is 1. The SMILES string of the molecule is CSc1ncc(CN[C@@H](C)CCc2ccccc2)cn1. The van der Waals surface area contributed by atoms with E-state index in [-0.39, 0.29) is 0 Å². The zero-order chi connectivity index (χ0) is 14.2. The van der Waals surface area contributed by atoms with Crippen LogP contribution in [0.1, 0.15) is 24.5 Å². The van der Waals surface area contributed by atoms with E-state index in [1.165, 1.54) is 5.56 Å². The highest BCUT2D eigenvalue weighted by Gasteiger charge is 2.03. The van der Waals surface area contributed by atoms with Gasteiger partial charge in [-0.3, -0.25) is 0 Å². The van der Waals surface area contributed by atoms with Crippen molar-refractivity contribution in [2.75, 3.05) is 6.26 Å². The Balaban J connectivity index is 1.73. The highest BCUT2D eigenvalue weighted by molar-refractivity contribution is 7.98. The Morgan fingerprint density at radius 3 is 2.45 bits per heavy atom. The van der Waals surface area contributed by atoms with Crippen molar-refractivity contribution in [1.82, 2.24) is 15.3 Å². The smallest absolute Gasteiger partial charge is 0.187 e. The molecule has 1 aromatic carbocycles. The van der Waals surface area contributed by atoms with Crippen molar-refractivity contribution in [1.29, 1.82) is 0 Å². The highest BCUT2D eigenvalue weighted by Crippen LogP contribution is 2.08. The molecule has 1 atom stereocenters. The normalized spacial score (nSPS) is 12.3. The van der Waals surface area contributed by atoms with E-state index in [4.69, 9.17) is 0 Å². The second-order valence-corrected chi connectivity index (χ2v) is 5.66. The lowest BCUT2D eigenvalue weighted by molar-refractivity contribution is 0.512. The number of benzene rings is 1. The summed E-state index contributed by atoms with van der Waals surface area (Å²) >= 11 is 1.57. The summed E-state index contributed by atoms with van der Waals surface area (Å²) in [7, 11) is 0. The number of nitrogens with zero attached hydrogens (tertiary/aromatic N) is 2. The van der Waals surface area contributed by atoms with E-state index in [1.54, 1.807) is 11.8 Å². The molecule has 2 rings (SSSR count). The summed E-state index contributed by atoms with van der Waals surface area (Å²) in [6.07, 6.45) is 8.02. The van der Waals surface area contributed by atoms with Gasteiger partial charge in [-0.05, 0) is 31.6 Å². The molecule has 0 radical (unpaired) electrons. The number of aromatic nitrogens is 2. The lowest BCUT2D eigenvalue weighted by atomic mass is 10.1. The molecule has 0 aliphatic carbocycles. The van der Waals surface area contributed by atoms with Gasteiger partial charge in [0.15, 0.2) is 5.16 Å². The summed E-state index contributed by atoms with van der Waals surface area (Å²) in [6, 6.07) is 11.1. The van der Waals surface area contributed by atoms with Gasteiger partial charge in [0.2, 0.25) is 0 Å². The van der Waals surface area contributed by atoms with E-state index >= 15 is 0 Å². The summed E-state index contributed by atoms with van der Waals surface area (Å²) < 4.78 is 0. The van der Waals surface area contributed by atoms with E-state index in [1.807, 2.05) is 18.6 Å². The minimum atomic E-state index is 0.482. The molecule has 0 amide bonds. The van der Waals surface area contributed by atoms with Gasteiger partial charge in [0, 0.05) is 30.5 Å². The van der Waals surface area contributed by atoms with Gasteiger partial charge in [-0.15, -0.1) is 0 Å². The number of aryl methyl sites for hydroxylation is 1. The topological polar surface area (TPSA) is 37.8 Å². The van der Waals surface area contributed by atoms with Crippen LogP contribution in [0, 0.1) is 0 Å². The standard InChI is InChI=1S/C16H21N3S/c1-13(8-9-14-6-4-3-5-7-14)17-10-15-11-18-16(20-2)19-12-15/h3-7,11-13,17H,8-10H2,1-2H3/t13-/m0/s1. The maximum Gasteiger partial charge on any atom is 0.187 e. The first-order valence-corrected chi connectivity index (χ1v) is 8.12. The summed E-state index contributed by atoms with van der Waals surface area (Å²) in [6.45, 7) is 3.05. The largest absolute Gasteiger partial charge is 0.310 e. The fourth-order valence-electron chi connectivity index (χ4n) is 1.96. The van der Waals surface area contributed by atoms with E-state index in [0.29, 0.717) is 6.04 Å². The summed E-state index contributed by atoms with van der Waals surface area (Å²) in [5.41, 5.74) is 2.53. The lowest BCUT2D eigenvalue weighted by Gasteiger charge is -2.13. The van der Waals surface area contributed by atoms with E-state index in [9.17, 15) is 0 Å². The molecule has 2 aromatic rings. The van der Waals surface area contributed by atoms with Crippen LogP contribution in [0.3, 0.4) is 0 Å². The van der Waals surface area contributed by atoms with Crippen molar-refractivity contribution in [2.24, 2.45) is 0 Å². The molecule has 0 saturated carbocycles. The van der Waals surface area contributed by atoms with Crippen LogP contribution in [0.5, 0.6) is 0 Å². The Labute approximate surface area is 125 Å². The first kappa shape index (κ1) is 15.0. The molecule has 0 unspecified atom stereocenters. The zero-order valence-electron chi connectivity index (χ0n) is 12.0. The third kappa shape index (κ3) is 4.94. The first-order valence-electron chi connectivity index (χ1n) is 6.90. The average Bonchev–Trinajstić information content (AvgIpc) is 2.52.